The smallest absolute Gasteiger partial charge is 0.423 e. The molecule has 0 saturated heterocycles. The topological polar surface area (TPSA) is 57.5 Å². The van der Waals surface area contributed by atoms with E-state index in [1.807, 2.05) is 6.07 Å². The summed E-state index contributed by atoms with van der Waals surface area (Å²) in [6.45, 7) is 0. The van der Waals surface area contributed by atoms with Crippen LogP contribution in [0.3, 0.4) is 0 Å². The first kappa shape index (κ1) is 14.4. The maximum absolute atomic E-state index is 13.5. The zero-order valence-electron chi connectivity index (χ0n) is 10.8. The second-order valence-electron chi connectivity index (χ2n) is 4.52. The molecule has 0 aliphatic carbocycles. The van der Waals surface area contributed by atoms with Gasteiger partial charge in [-0.05, 0) is 18.1 Å². The van der Waals surface area contributed by atoms with Crippen LogP contribution < -0.4 is 5.46 Å². The van der Waals surface area contributed by atoms with Gasteiger partial charge in [-0.2, -0.15) is 0 Å². The van der Waals surface area contributed by atoms with Crippen LogP contribution in [-0.4, -0.2) is 22.9 Å². The molecule has 0 radical (unpaired) electrons. The van der Waals surface area contributed by atoms with Crippen molar-refractivity contribution in [2.45, 2.75) is 12.8 Å². The Morgan fingerprint density at radius 2 is 1.80 bits per heavy atom. The molecular formula is C15H14BFO3. The van der Waals surface area contributed by atoms with Gasteiger partial charge in [-0.3, -0.25) is 4.79 Å². The molecule has 0 amide bonds. The molecule has 0 aliphatic rings. The van der Waals surface area contributed by atoms with Gasteiger partial charge < -0.3 is 10.0 Å². The summed E-state index contributed by atoms with van der Waals surface area (Å²) in [4.78, 5) is 11.9. The van der Waals surface area contributed by atoms with Gasteiger partial charge in [0.15, 0.2) is 5.78 Å². The summed E-state index contributed by atoms with van der Waals surface area (Å²) in [5.41, 5.74) is 1.12. The predicted molar refractivity (Wildman–Crippen MR) is 75.3 cm³/mol. The van der Waals surface area contributed by atoms with Crippen LogP contribution in [0.2, 0.25) is 0 Å². The first-order chi connectivity index (χ1) is 9.58. The normalized spacial score (nSPS) is 10.3. The molecule has 0 heterocycles. The molecule has 0 saturated carbocycles. The van der Waals surface area contributed by atoms with Crippen LogP contribution in [0.1, 0.15) is 22.3 Å². The van der Waals surface area contributed by atoms with Crippen molar-refractivity contribution in [3.63, 3.8) is 0 Å². The Balaban J connectivity index is 2.01. The molecule has 2 N–H and O–H groups in total. The molecule has 0 atom stereocenters. The third-order valence-corrected chi connectivity index (χ3v) is 3.08. The first-order valence-corrected chi connectivity index (χ1v) is 6.30. The van der Waals surface area contributed by atoms with Crippen molar-refractivity contribution in [1.82, 2.24) is 0 Å². The van der Waals surface area contributed by atoms with Crippen LogP contribution in [-0.2, 0) is 6.42 Å². The van der Waals surface area contributed by atoms with Gasteiger partial charge in [0.25, 0.3) is 0 Å². The molecule has 0 bridgehead atoms. The maximum Gasteiger partial charge on any atom is 0.491 e. The number of benzene rings is 2. The standard InChI is InChI=1S/C15H14BFO3/c17-14-10-11(6-8-13(14)16(19)20)7-9-15(18)12-4-2-1-3-5-12/h1-6,8,10,19-20H,7,9H2. The lowest BCUT2D eigenvalue weighted by Gasteiger charge is -2.05. The monoisotopic (exact) mass is 272 g/mol. The van der Waals surface area contributed by atoms with Gasteiger partial charge in [0.05, 0.1) is 0 Å². The van der Waals surface area contributed by atoms with Gasteiger partial charge in [-0.25, -0.2) is 4.39 Å². The predicted octanol–water partition coefficient (Wildman–Crippen LogP) is 1.32. The molecule has 0 aromatic heterocycles. The number of rotatable bonds is 5. The summed E-state index contributed by atoms with van der Waals surface area (Å²) in [7, 11) is -1.82. The van der Waals surface area contributed by atoms with Crippen LogP contribution >= 0.6 is 0 Å². The molecule has 3 nitrogen and oxygen atoms in total. The summed E-state index contributed by atoms with van der Waals surface area (Å²) >= 11 is 0. The van der Waals surface area contributed by atoms with Crippen molar-refractivity contribution >= 4 is 18.4 Å². The van der Waals surface area contributed by atoms with Crippen molar-refractivity contribution < 1.29 is 19.2 Å². The van der Waals surface area contributed by atoms with Gasteiger partial charge in [-0.1, -0.05) is 42.5 Å². The van der Waals surface area contributed by atoms with E-state index in [0.29, 0.717) is 17.5 Å². The number of aryl methyl sites for hydroxylation is 1. The van der Waals surface area contributed by atoms with Gasteiger partial charge >= 0.3 is 7.12 Å². The second kappa shape index (κ2) is 6.46. The second-order valence-corrected chi connectivity index (χ2v) is 4.52. The highest BCUT2D eigenvalue weighted by atomic mass is 19.1. The summed E-state index contributed by atoms with van der Waals surface area (Å²) in [6, 6.07) is 13.1. The van der Waals surface area contributed by atoms with Gasteiger partial charge in [0.1, 0.15) is 5.82 Å². The molecule has 2 rings (SSSR count). The van der Waals surface area contributed by atoms with E-state index >= 15 is 0 Å². The van der Waals surface area contributed by atoms with Gasteiger partial charge in [-0.15, -0.1) is 0 Å². The Bertz CT molecular complexity index is 599. The first-order valence-electron chi connectivity index (χ1n) is 6.30. The number of ketones is 1. The highest BCUT2D eigenvalue weighted by molar-refractivity contribution is 6.58. The van der Waals surface area contributed by atoms with Crippen molar-refractivity contribution in [3.05, 3.63) is 65.5 Å². The third kappa shape index (κ3) is 3.53. The van der Waals surface area contributed by atoms with Crippen molar-refractivity contribution in [3.8, 4) is 0 Å². The zero-order valence-corrected chi connectivity index (χ0v) is 10.8. The van der Waals surface area contributed by atoms with E-state index in [-0.39, 0.29) is 17.7 Å². The summed E-state index contributed by atoms with van der Waals surface area (Å²) in [6.07, 6.45) is 0.691. The lowest BCUT2D eigenvalue weighted by molar-refractivity contribution is 0.0983. The summed E-state index contributed by atoms with van der Waals surface area (Å²) in [5, 5.41) is 17.8. The molecule has 20 heavy (non-hydrogen) atoms. The summed E-state index contributed by atoms with van der Waals surface area (Å²) < 4.78 is 13.5. The maximum atomic E-state index is 13.5. The number of halogens is 1. The molecular weight excluding hydrogens is 258 g/mol. The van der Waals surface area contributed by atoms with Crippen LogP contribution in [0.4, 0.5) is 4.39 Å². The molecule has 2 aromatic carbocycles. The highest BCUT2D eigenvalue weighted by Gasteiger charge is 2.16. The molecule has 2 aromatic rings. The molecule has 0 unspecified atom stereocenters. The van der Waals surface area contributed by atoms with E-state index in [0.717, 1.165) is 0 Å². The zero-order chi connectivity index (χ0) is 14.5. The van der Waals surface area contributed by atoms with E-state index in [9.17, 15) is 9.18 Å². The van der Waals surface area contributed by atoms with Gasteiger partial charge in [0.2, 0.25) is 0 Å². The number of carbonyl (C=O) groups is 1. The summed E-state index contributed by atoms with van der Waals surface area (Å²) in [5.74, 6) is -0.679. The highest BCUT2D eigenvalue weighted by Crippen LogP contribution is 2.09. The molecule has 102 valence electrons. The van der Waals surface area contributed by atoms with E-state index in [1.165, 1.54) is 12.1 Å². The number of Topliss-reactive ketones (excluding diaryl/α,β-unsaturated/α-hetero) is 1. The largest absolute Gasteiger partial charge is 0.491 e. The molecule has 5 heteroatoms. The van der Waals surface area contributed by atoms with Crippen LogP contribution in [0.5, 0.6) is 0 Å². The Kier molecular flexibility index (Phi) is 4.66. The number of carbonyl (C=O) groups excluding carboxylic acids is 1. The molecule has 0 aliphatic heterocycles. The molecule has 0 fully saturated rings. The lowest BCUT2D eigenvalue weighted by atomic mass is 9.79. The lowest BCUT2D eigenvalue weighted by Crippen LogP contribution is -2.32. The van der Waals surface area contributed by atoms with Crippen molar-refractivity contribution in [2.24, 2.45) is 0 Å². The van der Waals surface area contributed by atoms with Crippen LogP contribution in [0.15, 0.2) is 48.5 Å². The molecule has 0 spiro atoms. The minimum atomic E-state index is -1.82. The van der Waals surface area contributed by atoms with Crippen LogP contribution in [0, 0.1) is 5.82 Å². The Labute approximate surface area is 116 Å². The van der Waals surface area contributed by atoms with Crippen LogP contribution in [0.25, 0.3) is 0 Å². The van der Waals surface area contributed by atoms with E-state index in [1.54, 1.807) is 30.3 Å². The van der Waals surface area contributed by atoms with Crippen molar-refractivity contribution in [1.29, 1.82) is 0 Å². The van der Waals surface area contributed by atoms with E-state index in [4.69, 9.17) is 10.0 Å². The number of hydrogen-bond donors (Lipinski definition) is 2. The fourth-order valence-electron chi connectivity index (χ4n) is 1.96. The van der Waals surface area contributed by atoms with Crippen molar-refractivity contribution in [2.75, 3.05) is 0 Å². The fraction of sp³-hybridized carbons (Fsp3) is 0.133. The third-order valence-electron chi connectivity index (χ3n) is 3.08. The van der Waals surface area contributed by atoms with Gasteiger partial charge in [0, 0.05) is 17.4 Å². The Hall–Kier alpha value is -1.98. The fourth-order valence-corrected chi connectivity index (χ4v) is 1.96. The average Bonchev–Trinajstić information content (AvgIpc) is 2.45. The Morgan fingerprint density at radius 3 is 2.40 bits per heavy atom. The quantitative estimate of drug-likeness (QED) is 0.637. The Morgan fingerprint density at radius 1 is 1.10 bits per heavy atom. The van der Waals surface area contributed by atoms with E-state index in [2.05, 4.69) is 0 Å². The minimum Gasteiger partial charge on any atom is -0.423 e. The number of hydrogen-bond acceptors (Lipinski definition) is 3. The average molecular weight is 272 g/mol. The minimum absolute atomic E-state index is 0.00252. The SMILES string of the molecule is O=C(CCc1ccc(B(O)O)c(F)c1)c1ccccc1. The van der Waals surface area contributed by atoms with E-state index < -0.39 is 12.9 Å².